The second-order valence-electron chi connectivity index (χ2n) is 11.2. The van der Waals surface area contributed by atoms with E-state index in [-0.39, 0.29) is 40.8 Å². The molecular weight excluding hydrogens is 526 g/mol. The molecule has 1 fully saturated rings. The number of Topliss-reactive ketones (excluding diaryl/α,β-unsaturated/α-hetero) is 1. The fourth-order valence-electron chi connectivity index (χ4n) is 4.83. The van der Waals surface area contributed by atoms with Crippen LogP contribution in [-0.4, -0.2) is 38.9 Å². The number of esters is 1. The van der Waals surface area contributed by atoms with Crippen LogP contribution in [0.15, 0.2) is 11.0 Å². The van der Waals surface area contributed by atoms with E-state index in [2.05, 4.69) is 34.8 Å². The zero-order chi connectivity index (χ0) is 26.5. The van der Waals surface area contributed by atoms with Crippen molar-refractivity contribution in [2.24, 2.45) is 29.1 Å². The molecule has 1 saturated heterocycles. The summed E-state index contributed by atoms with van der Waals surface area (Å²) in [4.78, 5) is 30.9. The smallest absolute Gasteiger partial charge is 0.306 e. The standard InChI is InChI=1S/C28H44BrNO4S/c1-16-10-9-11-24(31)23(29)14-25(17(2)12-22-15-35-21(6)30-22)34-26(32)13-18(3)28(7,8)27(33)20(5)19(16)4/h12,15-16,18-20,23-25,31H,9-11,13-14H2,1-8H3/b17-12+. The van der Waals surface area contributed by atoms with Crippen LogP contribution >= 0.6 is 27.3 Å². The SMILES string of the molecule is C/C(=C\c1csc(C)n1)C1CC(Br)C(O)CCCC(C)C(C)C(C)C(=O)C(C)(C)C(C)CC(=O)O1. The van der Waals surface area contributed by atoms with E-state index in [1.54, 1.807) is 11.3 Å². The number of rotatable bonds is 2. The molecule has 0 saturated carbocycles. The van der Waals surface area contributed by atoms with Crippen molar-refractivity contribution >= 4 is 45.1 Å². The quantitative estimate of drug-likeness (QED) is 0.306. The number of ketones is 1. The Morgan fingerprint density at radius 2 is 1.89 bits per heavy atom. The van der Waals surface area contributed by atoms with Crippen LogP contribution in [0.4, 0.5) is 0 Å². The normalized spacial score (nSPS) is 34.5. The number of nitrogens with zero attached hydrogens (tertiary/aromatic N) is 1. The number of cyclic esters (lactones) is 1. The van der Waals surface area contributed by atoms with E-state index in [1.807, 2.05) is 53.0 Å². The first kappa shape index (κ1) is 30.2. The maximum atomic E-state index is 13.5. The summed E-state index contributed by atoms with van der Waals surface area (Å²) in [7, 11) is 0. The van der Waals surface area contributed by atoms with Gasteiger partial charge in [0, 0.05) is 34.4 Å². The number of halogens is 1. The first-order valence-corrected chi connectivity index (χ1v) is 14.7. The van der Waals surface area contributed by atoms with Crippen LogP contribution in [0.25, 0.3) is 6.08 Å². The molecule has 1 aromatic rings. The van der Waals surface area contributed by atoms with Crippen molar-refractivity contribution < 1.29 is 19.4 Å². The summed E-state index contributed by atoms with van der Waals surface area (Å²) >= 11 is 5.25. The Bertz CT molecular complexity index is 895. The van der Waals surface area contributed by atoms with Crippen LogP contribution in [0.5, 0.6) is 0 Å². The minimum Gasteiger partial charge on any atom is -0.458 e. The lowest BCUT2D eigenvalue weighted by Gasteiger charge is -2.36. The Kier molecular flexibility index (Phi) is 11.2. The van der Waals surface area contributed by atoms with Gasteiger partial charge in [0.05, 0.1) is 16.8 Å². The number of aromatic nitrogens is 1. The zero-order valence-corrected chi connectivity index (χ0v) is 25.0. The van der Waals surface area contributed by atoms with Crippen molar-refractivity contribution in [1.29, 1.82) is 0 Å². The van der Waals surface area contributed by atoms with Gasteiger partial charge in [0.25, 0.3) is 0 Å². The maximum absolute atomic E-state index is 13.5. The molecule has 0 aromatic carbocycles. The lowest BCUT2D eigenvalue weighted by Crippen LogP contribution is -2.40. The number of aliphatic hydroxyl groups excluding tert-OH is 1. The van der Waals surface area contributed by atoms with E-state index < -0.39 is 17.6 Å². The van der Waals surface area contributed by atoms with Crippen molar-refractivity contribution in [2.45, 2.75) is 105 Å². The van der Waals surface area contributed by atoms with Crippen molar-refractivity contribution in [3.05, 3.63) is 21.7 Å². The Labute approximate surface area is 224 Å². The summed E-state index contributed by atoms with van der Waals surface area (Å²) in [6.45, 7) is 16.2. The van der Waals surface area contributed by atoms with E-state index in [1.165, 1.54) is 0 Å². The molecule has 5 nitrogen and oxygen atoms in total. The minimum absolute atomic E-state index is 0.0975. The Balaban J connectivity index is 2.33. The molecule has 7 heteroatoms. The van der Waals surface area contributed by atoms with Crippen LogP contribution in [0, 0.1) is 36.0 Å². The van der Waals surface area contributed by atoms with Crippen molar-refractivity contribution in [2.75, 3.05) is 0 Å². The molecule has 7 atom stereocenters. The number of thiazole rings is 1. The second kappa shape index (κ2) is 13.0. The van der Waals surface area contributed by atoms with Gasteiger partial charge >= 0.3 is 5.97 Å². The third-order valence-corrected chi connectivity index (χ3v) is 10.0. The van der Waals surface area contributed by atoms with Crippen LogP contribution in [0.1, 0.15) is 91.3 Å². The Hall–Kier alpha value is -1.05. The van der Waals surface area contributed by atoms with Gasteiger partial charge in [0.15, 0.2) is 0 Å². The summed E-state index contributed by atoms with van der Waals surface area (Å²) < 4.78 is 5.99. The van der Waals surface area contributed by atoms with Gasteiger partial charge in [-0.25, -0.2) is 4.98 Å². The second-order valence-corrected chi connectivity index (χ2v) is 13.5. The third-order valence-electron chi connectivity index (χ3n) is 8.25. The van der Waals surface area contributed by atoms with Crippen molar-refractivity contribution in [1.82, 2.24) is 4.98 Å². The van der Waals surface area contributed by atoms with E-state index >= 15 is 0 Å². The summed E-state index contributed by atoms with van der Waals surface area (Å²) in [5.41, 5.74) is 1.10. The summed E-state index contributed by atoms with van der Waals surface area (Å²) in [6, 6.07) is 0. The number of alkyl halides is 1. The fraction of sp³-hybridized carbons (Fsp3) is 0.750. The lowest BCUT2D eigenvalue weighted by atomic mass is 9.67. The van der Waals surface area contributed by atoms with Crippen molar-refractivity contribution in [3.63, 3.8) is 0 Å². The monoisotopic (exact) mass is 569 g/mol. The highest BCUT2D eigenvalue weighted by Crippen LogP contribution is 2.38. The molecule has 2 heterocycles. The van der Waals surface area contributed by atoms with Crippen molar-refractivity contribution in [3.8, 4) is 0 Å². The number of hydrogen-bond donors (Lipinski definition) is 1. The van der Waals surface area contributed by atoms with Gasteiger partial charge in [-0.3, -0.25) is 9.59 Å². The maximum Gasteiger partial charge on any atom is 0.306 e. The van der Waals surface area contributed by atoms with Crippen LogP contribution in [0.3, 0.4) is 0 Å². The number of carbonyl (C=O) groups is 2. The zero-order valence-electron chi connectivity index (χ0n) is 22.6. The topological polar surface area (TPSA) is 76.5 Å². The molecule has 0 amide bonds. The van der Waals surface area contributed by atoms with Gasteiger partial charge < -0.3 is 9.84 Å². The van der Waals surface area contributed by atoms with Crippen LogP contribution < -0.4 is 0 Å². The summed E-state index contributed by atoms with van der Waals surface area (Å²) in [6.07, 6.45) is 4.07. The highest BCUT2D eigenvalue weighted by molar-refractivity contribution is 9.09. The highest BCUT2D eigenvalue weighted by atomic mass is 79.9. The van der Waals surface area contributed by atoms with Gasteiger partial charge in [0.1, 0.15) is 11.9 Å². The molecule has 0 aliphatic carbocycles. The van der Waals surface area contributed by atoms with Crippen LogP contribution in [-0.2, 0) is 14.3 Å². The van der Waals surface area contributed by atoms with Gasteiger partial charge in [0.2, 0.25) is 0 Å². The van der Waals surface area contributed by atoms with E-state index in [9.17, 15) is 14.7 Å². The Morgan fingerprint density at radius 1 is 1.23 bits per heavy atom. The van der Waals surface area contributed by atoms with Gasteiger partial charge in [-0.05, 0) is 49.7 Å². The molecule has 0 radical (unpaired) electrons. The summed E-state index contributed by atoms with van der Waals surface area (Å²) in [5.74, 6) is 0.240. The van der Waals surface area contributed by atoms with Gasteiger partial charge in [-0.2, -0.15) is 0 Å². The average Bonchev–Trinajstić information content (AvgIpc) is 3.20. The molecule has 1 N–H and O–H groups in total. The molecule has 1 aliphatic rings. The van der Waals surface area contributed by atoms with E-state index in [0.717, 1.165) is 29.1 Å². The predicted octanol–water partition coefficient (Wildman–Crippen LogP) is 6.99. The number of aryl methyl sites for hydroxylation is 1. The van der Waals surface area contributed by atoms with Gasteiger partial charge in [-0.1, -0.05) is 70.3 Å². The molecule has 1 aliphatic heterocycles. The first-order valence-electron chi connectivity index (χ1n) is 12.9. The number of carbonyl (C=O) groups excluding carboxylic acids is 2. The summed E-state index contributed by atoms with van der Waals surface area (Å²) in [5, 5.41) is 13.8. The largest absolute Gasteiger partial charge is 0.458 e. The molecule has 0 bridgehead atoms. The average molecular weight is 571 g/mol. The highest BCUT2D eigenvalue weighted by Gasteiger charge is 2.40. The number of ether oxygens (including phenoxy) is 1. The number of hydrogen-bond acceptors (Lipinski definition) is 6. The van der Waals surface area contributed by atoms with Gasteiger partial charge in [-0.15, -0.1) is 11.3 Å². The molecule has 7 unspecified atom stereocenters. The van der Waals surface area contributed by atoms with E-state index in [0.29, 0.717) is 18.8 Å². The first-order chi connectivity index (χ1) is 16.2. The fourth-order valence-corrected chi connectivity index (χ4v) is 6.00. The molecule has 1 aromatic heterocycles. The number of aliphatic hydroxyl groups is 1. The third kappa shape index (κ3) is 8.22. The predicted molar refractivity (Wildman–Crippen MR) is 148 cm³/mol. The molecule has 198 valence electrons. The van der Waals surface area contributed by atoms with E-state index in [4.69, 9.17) is 4.74 Å². The molecule has 35 heavy (non-hydrogen) atoms. The molecule has 0 spiro atoms. The molecular formula is C28H44BrNO4S. The Morgan fingerprint density at radius 3 is 2.49 bits per heavy atom. The minimum atomic E-state index is -0.629. The van der Waals surface area contributed by atoms with Crippen LogP contribution in [0.2, 0.25) is 0 Å². The molecule has 2 rings (SSSR count). The lowest BCUT2D eigenvalue weighted by molar-refractivity contribution is -0.150.